The van der Waals surface area contributed by atoms with Crippen molar-refractivity contribution in [3.05, 3.63) is 24.3 Å². The Morgan fingerprint density at radius 2 is 1.62 bits per heavy atom. The summed E-state index contributed by atoms with van der Waals surface area (Å²) in [4.78, 5) is 4.95. The van der Waals surface area contributed by atoms with E-state index in [2.05, 4.69) is 46.4 Å². The van der Waals surface area contributed by atoms with Crippen LogP contribution in [0.25, 0.3) is 0 Å². The van der Waals surface area contributed by atoms with E-state index in [1.165, 1.54) is 69.7 Å². The Kier molecular flexibility index (Phi) is 5.02. The Labute approximate surface area is 129 Å². The minimum absolute atomic E-state index is 0.836. The summed E-state index contributed by atoms with van der Waals surface area (Å²) in [6, 6.07) is 9.06. The van der Waals surface area contributed by atoms with Gasteiger partial charge in [0.15, 0.2) is 0 Å². The SMILES string of the molecule is CN1CCC(CNc2ccc(N3CCCCC3)cc2)CC1. The van der Waals surface area contributed by atoms with Crippen LogP contribution in [-0.2, 0) is 0 Å². The van der Waals surface area contributed by atoms with Crippen molar-refractivity contribution in [2.24, 2.45) is 5.92 Å². The molecule has 2 aliphatic rings. The van der Waals surface area contributed by atoms with Gasteiger partial charge < -0.3 is 15.1 Å². The second-order valence-electron chi connectivity index (χ2n) is 6.72. The van der Waals surface area contributed by atoms with Crippen molar-refractivity contribution in [3.63, 3.8) is 0 Å². The van der Waals surface area contributed by atoms with E-state index in [-0.39, 0.29) is 0 Å². The van der Waals surface area contributed by atoms with E-state index in [0.717, 1.165) is 12.5 Å². The van der Waals surface area contributed by atoms with E-state index >= 15 is 0 Å². The van der Waals surface area contributed by atoms with Crippen LogP contribution in [0, 0.1) is 5.92 Å². The molecule has 0 atom stereocenters. The van der Waals surface area contributed by atoms with Gasteiger partial charge in [0.1, 0.15) is 0 Å². The minimum Gasteiger partial charge on any atom is -0.385 e. The van der Waals surface area contributed by atoms with Crippen molar-refractivity contribution in [3.8, 4) is 0 Å². The van der Waals surface area contributed by atoms with Crippen molar-refractivity contribution < 1.29 is 0 Å². The fourth-order valence-corrected chi connectivity index (χ4v) is 3.47. The van der Waals surface area contributed by atoms with E-state index in [0.29, 0.717) is 0 Å². The Morgan fingerprint density at radius 3 is 2.29 bits per heavy atom. The van der Waals surface area contributed by atoms with E-state index in [1.807, 2.05) is 0 Å². The summed E-state index contributed by atoms with van der Waals surface area (Å²) in [7, 11) is 2.23. The molecule has 3 nitrogen and oxygen atoms in total. The maximum atomic E-state index is 3.62. The molecule has 2 aliphatic heterocycles. The number of benzene rings is 1. The molecule has 2 saturated heterocycles. The van der Waals surface area contributed by atoms with Crippen LogP contribution in [0.3, 0.4) is 0 Å². The molecule has 0 spiro atoms. The third-order valence-electron chi connectivity index (χ3n) is 5.02. The molecular weight excluding hydrogens is 258 g/mol. The van der Waals surface area contributed by atoms with Crippen LogP contribution in [0.1, 0.15) is 32.1 Å². The van der Waals surface area contributed by atoms with Crippen molar-refractivity contribution in [1.29, 1.82) is 0 Å². The number of piperidine rings is 2. The molecule has 1 aromatic carbocycles. The number of likely N-dealkylation sites (tertiary alicyclic amines) is 1. The fraction of sp³-hybridized carbons (Fsp3) is 0.667. The number of anilines is 2. The number of nitrogens with zero attached hydrogens (tertiary/aromatic N) is 2. The molecule has 3 heteroatoms. The molecule has 0 saturated carbocycles. The third kappa shape index (κ3) is 4.13. The molecule has 0 unspecified atom stereocenters. The van der Waals surface area contributed by atoms with E-state index in [1.54, 1.807) is 0 Å². The van der Waals surface area contributed by atoms with E-state index in [9.17, 15) is 0 Å². The number of rotatable bonds is 4. The second kappa shape index (κ2) is 7.17. The zero-order chi connectivity index (χ0) is 14.5. The summed E-state index contributed by atoms with van der Waals surface area (Å²) in [6.45, 7) is 6.07. The Bertz CT molecular complexity index is 415. The minimum atomic E-state index is 0.836. The van der Waals surface area contributed by atoms with Gasteiger partial charge in [-0.3, -0.25) is 0 Å². The Morgan fingerprint density at radius 1 is 0.952 bits per heavy atom. The highest BCUT2D eigenvalue weighted by molar-refractivity contribution is 5.55. The largest absolute Gasteiger partial charge is 0.385 e. The predicted molar refractivity (Wildman–Crippen MR) is 91.2 cm³/mol. The highest BCUT2D eigenvalue weighted by Gasteiger charge is 2.16. The lowest BCUT2D eigenvalue weighted by Crippen LogP contribution is -2.33. The van der Waals surface area contributed by atoms with Crippen LogP contribution < -0.4 is 10.2 Å². The molecule has 116 valence electrons. The van der Waals surface area contributed by atoms with Gasteiger partial charge in [-0.15, -0.1) is 0 Å². The molecule has 0 aromatic heterocycles. The molecular formula is C18H29N3. The van der Waals surface area contributed by atoms with Crippen molar-refractivity contribution >= 4 is 11.4 Å². The standard InChI is InChI=1S/C18H29N3/c1-20-13-9-16(10-14-20)15-19-17-5-7-18(8-6-17)21-11-3-2-4-12-21/h5-8,16,19H,2-4,9-15H2,1H3. The summed E-state index contributed by atoms with van der Waals surface area (Å²) >= 11 is 0. The van der Waals surface area contributed by atoms with Crippen molar-refractivity contribution in [2.75, 3.05) is 50.0 Å². The van der Waals surface area contributed by atoms with Gasteiger partial charge in [-0.05, 0) is 82.4 Å². The van der Waals surface area contributed by atoms with E-state index in [4.69, 9.17) is 0 Å². The summed E-state index contributed by atoms with van der Waals surface area (Å²) in [5.41, 5.74) is 2.66. The molecule has 0 aliphatic carbocycles. The zero-order valence-electron chi connectivity index (χ0n) is 13.4. The zero-order valence-corrected chi connectivity index (χ0v) is 13.4. The van der Waals surface area contributed by atoms with Gasteiger partial charge in [0, 0.05) is 31.0 Å². The smallest absolute Gasteiger partial charge is 0.0367 e. The van der Waals surface area contributed by atoms with Gasteiger partial charge in [-0.25, -0.2) is 0 Å². The lowest BCUT2D eigenvalue weighted by molar-refractivity contribution is 0.226. The summed E-state index contributed by atoms with van der Waals surface area (Å²) in [5.74, 6) is 0.836. The molecule has 0 bridgehead atoms. The fourth-order valence-electron chi connectivity index (χ4n) is 3.47. The first-order valence-corrected chi connectivity index (χ1v) is 8.59. The summed E-state index contributed by atoms with van der Waals surface area (Å²) < 4.78 is 0. The van der Waals surface area contributed by atoms with Crippen LogP contribution in [0.5, 0.6) is 0 Å². The van der Waals surface area contributed by atoms with Crippen LogP contribution in [0.15, 0.2) is 24.3 Å². The Hall–Kier alpha value is -1.22. The first kappa shape index (κ1) is 14.7. The van der Waals surface area contributed by atoms with Gasteiger partial charge >= 0.3 is 0 Å². The lowest BCUT2D eigenvalue weighted by Gasteiger charge is -2.30. The van der Waals surface area contributed by atoms with Crippen molar-refractivity contribution in [1.82, 2.24) is 4.90 Å². The second-order valence-corrected chi connectivity index (χ2v) is 6.72. The molecule has 2 heterocycles. The number of hydrogen-bond donors (Lipinski definition) is 1. The highest BCUT2D eigenvalue weighted by atomic mass is 15.1. The van der Waals surface area contributed by atoms with Crippen LogP contribution in [0.2, 0.25) is 0 Å². The van der Waals surface area contributed by atoms with Crippen LogP contribution in [-0.4, -0.2) is 44.7 Å². The summed E-state index contributed by atoms with van der Waals surface area (Å²) in [6.07, 6.45) is 6.74. The lowest BCUT2D eigenvalue weighted by atomic mass is 9.97. The normalized spacial score (nSPS) is 21.5. The maximum absolute atomic E-state index is 3.62. The van der Waals surface area contributed by atoms with Crippen LogP contribution >= 0.6 is 0 Å². The molecule has 1 aromatic rings. The number of nitrogens with one attached hydrogen (secondary N) is 1. The molecule has 21 heavy (non-hydrogen) atoms. The van der Waals surface area contributed by atoms with Gasteiger partial charge in [0.05, 0.1) is 0 Å². The first-order chi connectivity index (χ1) is 10.3. The Balaban J connectivity index is 1.48. The number of hydrogen-bond acceptors (Lipinski definition) is 3. The van der Waals surface area contributed by atoms with Crippen LogP contribution in [0.4, 0.5) is 11.4 Å². The van der Waals surface area contributed by atoms with Gasteiger partial charge in [0.2, 0.25) is 0 Å². The topological polar surface area (TPSA) is 18.5 Å². The molecule has 3 rings (SSSR count). The van der Waals surface area contributed by atoms with Crippen molar-refractivity contribution in [2.45, 2.75) is 32.1 Å². The van der Waals surface area contributed by atoms with Gasteiger partial charge in [0.25, 0.3) is 0 Å². The molecule has 0 radical (unpaired) electrons. The van der Waals surface area contributed by atoms with E-state index < -0.39 is 0 Å². The molecule has 2 fully saturated rings. The highest BCUT2D eigenvalue weighted by Crippen LogP contribution is 2.22. The maximum Gasteiger partial charge on any atom is 0.0367 e. The first-order valence-electron chi connectivity index (χ1n) is 8.59. The quantitative estimate of drug-likeness (QED) is 0.915. The average molecular weight is 287 g/mol. The van der Waals surface area contributed by atoms with Gasteiger partial charge in [-0.1, -0.05) is 0 Å². The monoisotopic (exact) mass is 287 g/mol. The molecule has 1 N–H and O–H groups in total. The third-order valence-corrected chi connectivity index (χ3v) is 5.02. The van der Waals surface area contributed by atoms with Gasteiger partial charge in [-0.2, -0.15) is 0 Å². The average Bonchev–Trinajstić information content (AvgIpc) is 2.56. The predicted octanol–water partition coefficient (Wildman–Crippen LogP) is 3.43. The molecule has 0 amide bonds. The summed E-state index contributed by atoms with van der Waals surface area (Å²) in [5, 5.41) is 3.62.